The van der Waals surface area contributed by atoms with Crippen LogP contribution in [-0.4, -0.2) is 18.1 Å². The Hall–Kier alpha value is -1.29. The molecule has 0 atom stereocenters. The number of hydrogen-bond donors (Lipinski definition) is 0. The lowest BCUT2D eigenvalue weighted by molar-refractivity contribution is 0.0594. The van der Waals surface area contributed by atoms with Gasteiger partial charge in [-0.25, -0.2) is 9.78 Å². The number of pyridine rings is 1. The van der Waals surface area contributed by atoms with Crippen LogP contribution in [0.5, 0.6) is 0 Å². The number of carbonyl (C=O) groups is 1. The van der Waals surface area contributed by atoms with E-state index in [0.717, 1.165) is 0 Å². The average molecular weight is 317 g/mol. The van der Waals surface area contributed by atoms with E-state index in [9.17, 15) is 4.79 Å². The Kier molecular flexibility index (Phi) is 4.30. The molecule has 0 aliphatic carbocycles. The van der Waals surface area contributed by atoms with E-state index >= 15 is 0 Å². The molecule has 0 saturated carbocycles. The predicted octanol–water partition coefficient (Wildman–Crippen LogP) is 4.50. The van der Waals surface area contributed by atoms with Crippen molar-refractivity contribution in [1.29, 1.82) is 0 Å². The zero-order valence-electron chi connectivity index (χ0n) is 9.78. The van der Waals surface area contributed by atoms with Crippen molar-refractivity contribution in [2.75, 3.05) is 7.11 Å². The molecule has 0 unspecified atom stereocenters. The molecular formula is C13H8Cl3NO2. The summed E-state index contributed by atoms with van der Waals surface area (Å²) in [6.07, 6.45) is 1.49. The number of ether oxygens (including phenoxy) is 1. The molecule has 2 rings (SSSR count). The van der Waals surface area contributed by atoms with Crippen LogP contribution in [-0.2, 0) is 4.74 Å². The Labute approximate surface area is 125 Å². The minimum atomic E-state index is -0.525. The Bertz CT molecular complexity index is 621. The molecule has 0 spiro atoms. The molecule has 1 aromatic heterocycles. The van der Waals surface area contributed by atoms with Gasteiger partial charge in [0.05, 0.1) is 17.2 Å². The third kappa shape index (κ3) is 3.00. The highest BCUT2D eigenvalue weighted by molar-refractivity contribution is 6.41. The molecule has 98 valence electrons. The SMILES string of the molecule is COC(=O)c1cc(-c2c(Cl)cc(Cl)cc2Cl)ccn1. The number of carbonyl (C=O) groups excluding carboxylic acids is 1. The van der Waals surface area contributed by atoms with Gasteiger partial charge in [0.1, 0.15) is 5.69 Å². The van der Waals surface area contributed by atoms with Crippen LogP contribution in [0.1, 0.15) is 10.5 Å². The van der Waals surface area contributed by atoms with Gasteiger partial charge in [0, 0.05) is 16.8 Å². The standard InChI is InChI=1S/C13H8Cl3NO2/c1-19-13(18)11-4-7(2-3-17-11)12-9(15)5-8(14)6-10(12)16/h2-6H,1H3. The Morgan fingerprint density at radius 1 is 1.16 bits per heavy atom. The molecule has 0 aliphatic rings. The fraction of sp³-hybridized carbons (Fsp3) is 0.0769. The summed E-state index contributed by atoms with van der Waals surface area (Å²) in [5, 5.41) is 1.25. The first-order valence-corrected chi connectivity index (χ1v) is 6.35. The number of rotatable bonds is 2. The third-order valence-electron chi connectivity index (χ3n) is 2.45. The second-order valence-electron chi connectivity index (χ2n) is 3.67. The lowest BCUT2D eigenvalue weighted by Gasteiger charge is -2.08. The van der Waals surface area contributed by atoms with E-state index in [4.69, 9.17) is 34.8 Å². The molecule has 1 aromatic carbocycles. The fourth-order valence-corrected chi connectivity index (χ4v) is 2.66. The smallest absolute Gasteiger partial charge is 0.356 e. The second-order valence-corrected chi connectivity index (χ2v) is 4.92. The van der Waals surface area contributed by atoms with E-state index < -0.39 is 5.97 Å². The minimum absolute atomic E-state index is 0.182. The highest BCUT2D eigenvalue weighted by Gasteiger charge is 2.13. The van der Waals surface area contributed by atoms with Gasteiger partial charge in [0.2, 0.25) is 0 Å². The van der Waals surface area contributed by atoms with Crippen molar-refractivity contribution in [2.45, 2.75) is 0 Å². The molecular weight excluding hydrogens is 309 g/mol. The van der Waals surface area contributed by atoms with Gasteiger partial charge in [-0.2, -0.15) is 0 Å². The van der Waals surface area contributed by atoms with Crippen molar-refractivity contribution in [3.8, 4) is 11.1 Å². The molecule has 6 heteroatoms. The van der Waals surface area contributed by atoms with Crippen LogP contribution < -0.4 is 0 Å². The van der Waals surface area contributed by atoms with Crippen LogP contribution in [0.25, 0.3) is 11.1 Å². The van der Waals surface area contributed by atoms with Gasteiger partial charge in [-0.3, -0.25) is 0 Å². The Morgan fingerprint density at radius 3 is 2.37 bits per heavy atom. The van der Waals surface area contributed by atoms with Gasteiger partial charge in [0.15, 0.2) is 0 Å². The molecule has 0 bridgehead atoms. The summed E-state index contributed by atoms with van der Waals surface area (Å²) in [6.45, 7) is 0. The lowest BCUT2D eigenvalue weighted by Crippen LogP contribution is -2.03. The van der Waals surface area contributed by atoms with Gasteiger partial charge in [0.25, 0.3) is 0 Å². The number of aromatic nitrogens is 1. The van der Waals surface area contributed by atoms with E-state index in [1.54, 1.807) is 24.3 Å². The van der Waals surface area contributed by atoms with Crippen molar-refractivity contribution in [3.63, 3.8) is 0 Å². The molecule has 0 fully saturated rings. The van der Waals surface area contributed by atoms with Crippen LogP contribution in [0.4, 0.5) is 0 Å². The number of benzene rings is 1. The van der Waals surface area contributed by atoms with E-state index in [1.165, 1.54) is 13.3 Å². The van der Waals surface area contributed by atoms with Gasteiger partial charge in [-0.05, 0) is 29.8 Å². The third-order valence-corrected chi connectivity index (χ3v) is 3.26. The summed E-state index contributed by atoms with van der Waals surface area (Å²) in [5.74, 6) is -0.525. The maximum absolute atomic E-state index is 11.4. The van der Waals surface area contributed by atoms with Crippen LogP contribution in [0.2, 0.25) is 15.1 Å². The van der Waals surface area contributed by atoms with Crippen molar-refractivity contribution in [1.82, 2.24) is 4.98 Å². The topological polar surface area (TPSA) is 39.2 Å². The summed E-state index contributed by atoms with van der Waals surface area (Å²) in [4.78, 5) is 15.4. The number of halogens is 3. The van der Waals surface area contributed by atoms with Gasteiger partial charge < -0.3 is 4.74 Å². The monoisotopic (exact) mass is 315 g/mol. The van der Waals surface area contributed by atoms with Crippen LogP contribution in [0.15, 0.2) is 30.5 Å². The second kappa shape index (κ2) is 5.78. The summed E-state index contributed by atoms with van der Waals surface area (Å²) >= 11 is 18.1. The predicted molar refractivity (Wildman–Crippen MR) is 76.0 cm³/mol. The molecule has 0 N–H and O–H groups in total. The maximum Gasteiger partial charge on any atom is 0.356 e. The zero-order valence-corrected chi connectivity index (χ0v) is 12.1. The summed E-state index contributed by atoms with van der Waals surface area (Å²) in [6, 6.07) is 6.44. The van der Waals surface area contributed by atoms with Crippen LogP contribution in [0.3, 0.4) is 0 Å². The first-order valence-electron chi connectivity index (χ1n) is 5.22. The molecule has 2 aromatic rings. The molecule has 19 heavy (non-hydrogen) atoms. The highest BCUT2D eigenvalue weighted by atomic mass is 35.5. The van der Waals surface area contributed by atoms with Crippen LogP contribution in [0, 0.1) is 0 Å². The van der Waals surface area contributed by atoms with Crippen molar-refractivity contribution >= 4 is 40.8 Å². The highest BCUT2D eigenvalue weighted by Crippen LogP contribution is 2.37. The lowest BCUT2D eigenvalue weighted by atomic mass is 10.1. The zero-order chi connectivity index (χ0) is 14.0. The first-order chi connectivity index (χ1) is 9.02. The van der Waals surface area contributed by atoms with Crippen LogP contribution >= 0.6 is 34.8 Å². The van der Waals surface area contributed by atoms with Gasteiger partial charge in [-0.1, -0.05) is 34.8 Å². The maximum atomic E-state index is 11.4. The Balaban J connectivity index is 2.57. The molecule has 0 aliphatic heterocycles. The van der Waals surface area contributed by atoms with Crippen molar-refractivity contribution < 1.29 is 9.53 Å². The molecule has 0 saturated heterocycles. The number of hydrogen-bond acceptors (Lipinski definition) is 3. The van der Waals surface area contributed by atoms with Gasteiger partial charge >= 0.3 is 5.97 Å². The largest absolute Gasteiger partial charge is 0.464 e. The normalized spacial score (nSPS) is 10.3. The molecule has 0 amide bonds. The van der Waals surface area contributed by atoms with E-state index in [0.29, 0.717) is 26.2 Å². The summed E-state index contributed by atoms with van der Waals surface area (Å²) in [7, 11) is 1.29. The molecule has 0 radical (unpaired) electrons. The summed E-state index contributed by atoms with van der Waals surface area (Å²) < 4.78 is 4.62. The minimum Gasteiger partial charge on any atom is -0.464 e. The van der Waals surface area contributed by atoms with E-state index in [-0.39, 0.29) is 5.69 Å². The fourth-order valence-electron chi connectivity index (χ4n) is 1.62. The summed E-state index contributed by atoms with van der Waals surface area (Å²) in [5.41, 5.74) is 1.45. The van der Waals surface area contributed by atoms with Gasteiger partial charge in [-0.15, -0.1) is 0 Å². The number of methoxy groups -OCH3 is 1. The van der Waals surface area contributed by atoms with Crippen molar-refractivity contribution in [2.24, 2.45) is 0 Å². The quantitative estimate of drug-likeness (QED) is 0.766. The van der Waals surface area contributed by atoms with Crippen molar-refractivity contribution in [3.05, 3.63) is 51.2 Å². The van der Waals surface area contributed by atoms with E-state index in [1.807, 2.05) is 0 Å². The van der Waals surface area contributed by atoms with E-state index in [2.05, 4.69) is 9.72 Å². The number of nitrogens with zero attached hydrogens (tertiary/aromatic N) is 1. The Morgan fingerprint density at radius 2 is 1.79 bits per heavy atom. The average Bonchev–Trinajstić information content (AvgIpc) is 2.37. The number of esters is 1. The molecule has 1 heterocycles. The first kappa shape index (κ1) is 14.1. The molecule has 3 nitrogen and oxygen atoms in total.